The van der Waals surface area contributed by atoms with Crippen LogP contribution in [0, 0.1) is 5.92 Å². The predicted molar refractivity (Wildman–Crippen MR) is 55.5 cm³/mol. The maximum atomic E-state index is 11.8. The summed E-state index contributed by atoms with van der Waals surface area (Å²) < 4.78 is 4.64. The zero-order chi connectivity index (χ0) is 10.7. The second kappa shape index (κ2) is 4.33. The average molecular weight is 209 g/mol. The molecule has 1 N–H and O–H groups in total. The summed E-state index contributed by atoms with van der Waals surface area (Å²) in [7, 11) is 0. The second-order valence-corrected chi connectivity index (χ2v) is 4.04. The van der Waals surface area contributed by atoms with E-state index in [-0.39, 0.29) is 6.03 Å². The van der Waals surface area contributed by atoms with Crippen LogP contribution >= 0.6 is 0 Å². The van der Waals surface area contributed by atoms with E-state index in [1.54, 1.807) is 0 Å². The van der Waals surface area contributed by atoms with Gasteiger partial charge in [0.15, 0.2) is 0 Å². The number of likely N-dealkylation sites (tertiary alicyclic amines) is 1. The zero-order valence-corrected chi connectivity index (χ0v) is 8.77. The summed E-state index contributed by atoms with van der Waals surface area (Å²) in [5.74, 6) is 0.590. The molecule has 1 atom stereocenters. The number of carbonyl (C=O) groups excluding carboxylic acids is 1. The third-order valence-corrected chi connectivity index (χ3v) is 2.63. The number of amides is 2. The van der Waals surface area contributed by atoms with Gasteiger partial charge in [0, 0.05) is 13.1 Å². The molecule has 1 aromatic rings. The van der Waals surface area contributed by atoms with E-state index >= 15 is 0 Å². The minimum absolute atomic E-state index is 0.0650. The van der Waals surface area contributed by atoms with Crippen LogP contribution in [0.3, 0.4) is 0 Å². The number of piperidine rings is 1. The standard InChI is InChI=1S/C10H15N3O2/c1-8-3-2-4-13(6-8)10(14)12-9-5-11-15-7-9/h5,7-8H,2-4,6H2,1H3,(H,12,14). The molecule has 2 rings (SSSR count). The lowest BCUT2D eigenvalue weighted by Gasteiger charge is -2.30. The monoisotopic (exact) mass is 209 g/mol. The number of urea groups is 1. The molecule has 1 aliphatic heterocycles. The normalized spacial score (nSPS) is 21.4. The van der Waals surface area contributed by atoms with Crippen LogP contribution in [-0.4, -0.2) is 29.2 Å². The summed E-state index contributed by atoms with van der Waals surface area (Å²) in [4.78, 5) is 13.6. The lowest BCUT2D eigenvalue weighted by Crippen LogP contribution is -2.41. The molecule has 0 aromatic carbocycles. The van der Waals surface area contributed by atoms with Gasteiger partial charge in [-0.15, -0.1) is 0 Å². The molecule has 1 unspecified atom stereocenters. The van der Waals surface area contributed by atoms with E-state index in [0.29, 0.717) is 11.6 Å². The molecule has 0 saturated carbocycles. The summed E-state index contributed by atoms with van der Waals surface area (Å²) in [5.41, 5.74) is 0.609. The summed E-state index contributed by atoms with van der Waals surface area (Å²) >= 11 is 0. The molecule has 0 bridgehead atoms. The number of hydrogen-bond acceptors (Lipinski definition) is 3. The van der Waals surface area contributed by atoms with Crippen molar-refractivity contribution < 1.29 is 9.32 Å². The number of anilines is 1. The Hall–Kier alpha value is -1.52. The predicted octanol–water partition coefficient (Wildman–Crippen LogP) is 1.94. The largest absolute Gasteiger partial charge is 0.363 e. The maximum absolute atomic E-state index is 11.8. The molecule has 2 heterocycles. The van der Waals surface area contributed by atoms with Crippen LogP contribution in [0.25, 0.3) is 0 Å². The summed E-state index contributed by atoms with van der Waals surface area (Å²) in [6, 6.07) is -0.0650. The Bertz CT molecular complexity index is 323. The first-order chi connectivity index (χ1) is 7.25. The van der Waals surface area contributed by atoms with E-state index < -0.39 is 0 Å². The van der Waals surface area contributed by atoms with Crippen LogP contribution in [0.5, 0.6) is 0 Å². The van der Waals surface area contributed by atoms with Gasteiger partial charge in [0.05, 0.1) is 6.20 Å². The minimum Gasteiger partial charge on any atom is -0.363 e. The Morgan fingerprint density at radius 2 is 2.60 bits per heavy atom. The lowest BCUT2D eigenvalue weighted by atomic mass is 10.0. The molecular formula is C10H15N3O2. The van der Waals surface area contributed by atoms with Crippen molar-refractivity contribution in [1.82, 2.24) is 10.1 Å². The van der Waals surface area contributed by atoms with Crippen LogP contribution in [-0.2, 0) is 0 Å². The molecule has 1 fully saturated rings. The number of aromatic nitrogens is 1. The quantitative estimate of drug-likeness (QED) is 0.768. The van der Waals surface area contributed by atoms with E-state index in [1.165, 1.54) is 18.9 Å². The highest BCUT2D eigenvalue weighted by molar-refractivity contribution is 5.88. The molecule has 82 valence electrons. The highest BCUT2D eigenvalue weighted by Crippen LogP contribution is 2.16. The molecule has 1 saturated heterocycles. The topological polar surface area (TPSA) is 58.4 Å². The van der Waals surface area contributed by atoms with E-state index in [4.69, 9.17) is 0 Å². The average Bonchev–Trinajstić information content (AvgIpc) is 2.70. The van der Waals surface area contributed by atoms with Crippen LogP contribution in [0.2, 0.25) is 0 Å². The highest BCUT2D eigenvalue weighted by Gasteiger charge is 2.20. The molecule has 0 radical (unpaired) electrons. The Morgan fingerprint density at radius 3 is 3.27 bits per heavy atom. The first-order valence-electron chi connectivity index (χ1n) is 5.21. The molecule has 15 heavy (non-hydrogen) atoms. The fourth-order valence-electron chi connectivity index (χ4n) is 1.84. The van der Waals surface area contributed by atoms with Crippen molar-refractivity contribution in [2.24, 2.45) is 5.92 Å². The SMILES string of the molecule is CC1CCCN(C(=O)Nc2cnoc2)C1. The highest BCUT2D eigenvalue weighted by atomic mass is 16.5. The third kappa shape index (κ3) is 2.49. The van der Waals surface area contributed by atoms with Crippen molar-refractivity contribution in [2.75, 3.05) is 18.4 Å². The van der Waals surface area contributed by atoms with Gasteiger partial charge in [-0.25, -0.2) is 4.79 Å². The van der Waals surface area contributed by atoms with E-state index in [0.717, 1.165) is 19.5 Å². The second-order valence-electron chi connectivity index (χ2n) is 4.04. The van der Waals surface area contributed by atoms with Gasteiger partial charge in [-0.2, -0.15) is 0 Å². The van der Waals surface area contributed by atoms with Crippen LogP contribution in [0.1, 0.15) is 19.8 Å². The Balaban J connectivity index is 1.90. The Kier molecular flexibility index (Phi) is 2.89. The summed E-state index contributed by atoms with van der Waals surface area (Å²) in [6.07, 6.45) is 5.20. The number of carbonyl (C=O) groups is 1. The summed E-state index contributed by atoms with van der Waals surface area (Å²) in [6.45, 7) is 3.83. The van der Waals surface area contributed by atoms with Gasteiger partial charge >= 0.3 is 6.03 Å². The van der Waals surface area contributed by atoms with E-state index in [9.17, 15) is 4.79 Å². The number of nitrogens with one attached hydrogen (secondary N) is 1. The number of rotatable bonds is 1. The first kappa shape index (κ1) is 10.0. The van der Waals surface area contributed by atoms with E-state index in [2.05, 4.69) is 21.9 Å². The van der Waals surface area contributed by atoms with Crippen molar-refractivity contribution in [3.63, 3.8) is 0 Å². The summed E-state index contributed by atoms with van der Waals surface area (Å²) in [5, 5.41) is 6.27. The lowest BCUT2D eigenvalue weighted by molar-refractivity contribution is 0.182. The molecule has 5 nitrogen and oxygen atoms in total. The van der Waals surface area contributed by atoms with Gasteiger partial charge in [0.25, 0.3) is 0 Å². The van der Waals surface area contributed by atoms with Gasteiger partial charge < -0.3 is 14.7 Å². The molecule has 1 aliphatic rings. The smallest absolute Gasteiger partial charge is 0.321 e. The zero-order valence-electron chi connectivity index (χ0n) is 8.77. The van der Waals surface area contributed by atoms with Crippen molar-refractivity contribution in [1.29, 1.82) is 0 Å². The van der Waals surface area contributed by atoms with Crippen LogP contribution in [0.4, 0.5) is 10.5 Å². The fourth-order valence-corrected chi connectivity index (χ4v) is 1.84. The molecule has 2 amide bonds. The minimum atomic E-state index is -0.0650. The maximum Gasteiger partial charge on any atom is 0.321 e. The number of nitrogens with zero attached hydrogens (tertiary/aromatic N) is 2. The van der Waals surface area contributed by atoms with Crippen LogP contribution in [0.15, 0.2) is 17.0 Å². The van der Waals surface area contributed by atoms with Crippen molar-refractivity contribution >= 4 is 11.7 Å². The van der Waals surface area contributed by atoms with Gasteiger partial charge in [0.2, 0.25) is 0 Å². The van der Waals surface area contributed by atoms with Crippen molar-refractivity contribution in [2.45, 2.75) is 19.8 Å². The van der Waals surface area contributed by atoms with E-state index in [1.807, 2.05) is 4.90 Å². The Morgan fingerprint density at radius 1 is 1.73 bits per heavy atom. The van der Waals surface area contributed by atoms with Gasteiger partial charge in [-0.3, -0.25) is 0 Å². The fraction of sp³-hybridized carbons (Fsp3) is 0.600. The van der Waals surface area contributed by atoms with Crippen LogP contribution < -0.4 is 5.32 Å². The third-order valence-electron chi connectivity index (χ3n) is 2.63. The van der Waals surface area contributed by atoms with Gasteiger partial charge in [-0.1, -0.05) is 12.1 Å². The van der Waals surface area contributed by atoms with Crippen molar-refractivity contribution in [3.05, 3.63) is 12.5 Å². The molecule has 1 aromatic heterocycles. The first-order valence-corrected chi connectivity index (χ1v) is 5.21. The number of hydrogen-bond donors (Lipinski definition) is 1. The van der Waals surface area contributed by atoms with Gasteiger partial charge in [0.1, 0.15) is 12.0 Å². The molecular weight excluding hydrogens is 194 g/mol. The molecule has 0 aliphatic carbocycles. The molecule has 0 spiro atoms. The van der Waals surface area contributed by atoms with Crippen molar-refractivity contribution in [3.8, 4) is 0 Å². The Labute approximate surface area is 88.4 Å². The van der Waals surface area contributed by atoms with Gasteiger partial charge in [-0.05, 0) is 18.8 Å². The molecule has 5 heteroatoms.